The molecular formula is C43H25NO. The van der Waals surface area contributed by atoms with Crippen LogP contribution in [0.5, 0.6) is 5.75 Å². The number of nitrogens with zero attached hydrogens (tertiary/aromatic N) is 1. The molecule has 0 amide bonds. The van der Waals surface area contributed by atoms with Gasteiger partial charge in [0.1, 0.15) is 0 Å². The van der Waals surface area contributed by atoms with Crippen molar-refractivity contribution in [3.63, 3.8) is 0 Å². The van der Waals surface area contributed by atoms with Crippen molar-refractivity contribution in [2.45, 2.75) is 5.41 Å². The van der Waals surface area contributed by atoms with Gasteiger partial charge in [-0.2, -0.15) is 4.73 Å². The van der Waals surface area contributed by atoms with E-state index in [0.717, 1.165) is 22.3 Å². The Hall–Kier alpha value is -5.86. The Balaban J connectivity index is 1.23. The molecule has 8 aromatic rings. The molecule has 0 radical (unpaired) electrons. The molecule has 0 bridgehead atoms. The molecule has 3 aliphatic rings. The molecule has 2 aliphatic carbocycles. The van der Waals surface area contributed by atoms with Gasteiger partial charge in [0.25, 0.3) is 0 Å². The van der Waals surface area contributed by atoms with Crippen LogP contribution < -0.4 is 4.84 Å². The molecule has 11 rings (SSSR count). The smallest absolute Gasteiger partial charge is 0.163 e. The van der Waals surface area contributed by atoms with Gasteiger partial charge in [0.2, 0.25) is 0 Å². The predicted molar refractivity (Wildman–Crippen MR) is 183 cm³/mol. The van der Waals surface area contributed by atoms with E-state index in [1.807, 2.05) is 10.8 Å². The minimum absolute atomic E-state index is 0.357. The fraction of sp³-hybridized carbons (Fsp3) is 0.0233. The second-order valence-electron chi connectivity index (χ2n) is 12.5. The molecule has 2 heteroatoms. The highest BCUT2D eigenvalue weighted by molar-refractivity contribution is 6.15. The first-order valence-corrected chi connectivity index (χ1v) is 15.6. The Labute approximate surface area is 260 Å². The van der Waals surface area contributed by atoms with E-state index in [-0.39, 0.29) is 5.41 Å². The predicted octanol–water partition coefficient (Wildman–Crippen LogP) is 10.6. The fourth-order valence-electron chi connectivity index (χ4n) is 8.67. The first-order valence-electron chi connectivity index (χ1n) is 15.6. The highest BCUT2D eigenvalue weighted by Gasteiger charge is 2.51. The van der Waals surface area contributed by atoms with E-state index in [9.17, 15) is 0 Å². The van der Waals surface area contributed by atoms with E-state index in [1.165, 1.54) is 72.0 Å². The molecule has 0 saturated heterocycles. The van der Waals surface area contributed by atoms with Gasteiger partial charge in [-0.3, -0.25) is 0 Å². The van der Waals surface area contributed by atoms with Crippen LogP contribution in [0.3, 0.4) is 0 Å². The molecule has 0 fully saturated rings. The molecule has 1 spiro atoms. The molecular weight excluding hydrogens is 546 g/mol. The molecule has 1 aliphatic heterocycles. The van der Waals surface area contributed by atoms with Crippen molar-refractivity contribution in [1.82, 2.24) is 4.73 Å². The summed E-state index contributed by atoms with van der Waals surface area (Å²) in [5, 5.41) is 2.41. The number of hydrogen-bond donors (Lipinski definition) is 0. The van der Waals surface area contributed by atoms with Crippen LogP contribution in [-0.2, 0) is 5.41 Å². The van der Waals surface area contributed by atoms with Crippen LogP contribution in [-0.4, -0.2) is 4.73 Å². The van der Waals surface area contributed by atoms with Crippen molar-refractivity contribution in [2.24, 2.45) is 0 Å². The molecule has 0 N–H and O–H groups in total. The van der Waals surface area contributed by atoms with Crippen LogP contribution in [0.1, 0.15) is 22.3 Å². The van der Waals surface area contributed by atoms with Crippen LogP contribution in [0.25, 0.3) is 66.3 Å². The highest BCUT2D eigenvalue weighted by Crippen LogP contribution is 2.63. The van der Waals surface area contributed by atoms with Gasteiger partial charge in [-0.25, -0.2) is 0 Å². The Kier molecular flexibility index (Phi) is 4.29. The van der Waals surface area contributed by atoms with Gasteiger partial charge in [0, 0.05) is 21.9 Å². The Bertz CT molecular complexity index is 2520. The number of rotatable bonds is 1. The summed E-state index contributed by atoms with van der Waals surface area (Å²) in [6.45, 7) is 0. The van der Waals surface area contributed by atoms with Crippen molar-refractivity contribution in [1.29, 1.82) is 0 Å². The van der Waals surface area contributed by atoms with Crippen LogP contribution in [0.15, 0.2) is 152 Å². The summed E-state index contributed by atoms with van der Waals surface area (Å²) in [6, 6.07) is 55.9. The van der Waals surface area contributed by atoms with Crippen LogP contribution in [0, 0.1) is 0 Å². The average molecular weight is 572 g/mol. The Morgan fingerprint density at radius 2 is 0.978 bits per heavy atom. The van der Waals surface area contributed by atoms with E-state index in [2.05, 4.69) is 146 Å². The summed E-state index contributed by atoms with van der Waals surface area (Å²) < 4.78 is 2.02. The lowest BCUT2D eigenvalue weighted by Crippen LogP contribution is -2.25. The summed E-state index contributed by atoms with van der Waals surface area (Å²) >= 11 is 0. The SMILES string of the molecule is c1ccc2c(c1)On1c3ccccc3c3cc(-c4ccc5c(c4)C4(c6ccccc6-c6ccccc64)c4ccccc4-5)cc-2c31. The standard InChI is InChI=1S/C43H25NO/c1-6-16-36-28(11-1)29-12-2-7-17-37(29)43(36)38-18-8-3-13-30(38)31-22-21-26(25-39(31)43)27-23-34-32-14-4-9-19-40(32)44-42(34)35(24-27)33-15-5-10-20-41(33)45-44/h1-25H. The van der Waals surface area contributed by atoms with Crippen molar-refractivity contribution in [3.05, 3.63) is 174 Å². The minimum atomic E-state index is -0.357. The number of fused-ring (bicyclic) bond motifs is 15. The summed E-state index contributed by atoms with van der Waals surface area (Å²) in [6.07, 6.45) is 0. The van der Waals surface area contributed by atoms with E-state index in [0.29, 0.717) is 0 Å². The van der Waals surface area contributed by atoms with Crippen LogP contribution in [0.2, 0.25) is 0 Å². The molecule has 0 saturated carbocycles. The zero-order valence-corrected chi connectivity index (χ0v) is 24.3. The topological polar surface area (TPSA) is 14.2 Å². The third-order valence-corrected chi connectivity index (χ3v) is 10.4. The molecule has 2 heterocycles. The zero-order chi connectivity index (χ0) is 29.3. The molecule has 7 aromatic carbocycles. The van der Waals surface area contributed by atoms with E-state index in [1.54, 1.807) is 0 Å². The summed E-state index contributed by atoms with van der Waals surface area (Å²) in [5.74, 6) is 0.882. The average Bonchev–Trinajstić information content (AvgIpc) is 3.70. The Morgan fingerprint density at radius 1 is 0.400 bits per heavy atom. The number of aromatic nitrogens is 1. The van der Waals surface area contributed by atoms with Gasteiger partial charge in [-0.15, -0.1) is 0 Å². The maximum absolute atomic E-state index is 6.49. The normalized spacial score (nSPS) is 14.1. The largest absolute Gasteiger partial charge is 0.374 e. The minimum Gasteiger partial charge on any atom is -0.374 e. The van der Waals surface area contributed by atoms with Gasteiger partial charge in [-0.05, 0) is 86.0 Å². The number of para-hydroxylation sites is 2. The van der Waals surface area contributed by atoms with Crippen LogP contribution in [0.4, 0.5) is 0 Å². The molecule has 0 unspecified atom stereocenters. The van der Waals surface area contributed by atoms with Gasteiger partial charge < -0.3 is 4.84 Å². The van der Waals surface area contributed by atoms with Crippen molar-refractivity contribution >= 4 is 21.8 Å². The maximum Gasteiger partial charge on any atom is 0.163 e. The summed E-state index contributed by atoms with van der Waals surface area (Å²) in [5.41, 5.74) is 17.4. The summed E-state index contributed by atoms with van der Waals surface area (Å²) in [7, 11) is 0. The lowest BCUT2D eigenvalue weighted by atomic mass is 9.70. The maximum atomic E-state index is 6.49. The lowest BCUT2D eigenvalue weighted by Gasteiger charge is -2.30. The first kappa shape index (κ1) is 23.6. The van der Waals surface area contributed by atoms with E-state index >= 15 is 0 Å². The molecule has 208 valence electrons. The number of benzene rings is 7. The third-order valence-electron chi connectivity index (χ3n) is 10.4. The van der Waals surface area contributed by atoms with E-state index in [4.69, 9.17) is 4.84 Å². The molecule has 0 atom stereocenters. The van der Waals surface area contributed by atoms with Gasteiger partial charge >= 0.3 is 0 Å². The lowest BCUT2D eigenvalue weighted by molar-refractivity contribution is 0.239. The molecule has 2 nitrogen and oxygen atoms in total. The molecule has 45 heavy (non-hydrogen) atoms. The second-order valence-corrected chi connectivity index (χ2v) is 12.5. The zero-order valence-electron chi connectivity index (χ0n) is 24.3. The monoisotopic (exact) mass is 571 g/mol. The third kappa shape index (κ3) is 2.77. The molecule has 1 aromatic heterocycles. The van der Waals surface area contributed by atoms with E-state index < -0.39 is 0 Å². The van der Waals surface area contributed by atoms with Gasteiger partial charge in [-0.1, -0.05) is 121 Å². The first-order chi connectivity index (χ1) is 22.3. The van der Waals surface area contributed by atoms with Crippen molar-refractivity contribution in [3.8, 4) is 50.3 Å². The van der Waals surface area contributed by atoms with Gasteiger partial charge in [0.05, 0.1) is 16.4 Å². The second kappa shape index (κ2) is 8.19. The van der Waals surface area contributed by atoms with Crippen molar-refractivity contribution < 1.29 is 4.84 Å². The van der Waals surface area contributed by atoms with Crippen LogP contribution >= 0.6 is 0 Å². The van der Waals surface area contributed by atoms with Crippen molar-refractivity contribution in [2.75, 3.05) is 0 Å². The Morgan fingerprint density at radius 3 is 1.69 bits per heavy atom. The highest BCUT2D eigenvalue weighted by atomic mass is 16.7. The van der Waals surface area contributed by atoms with Gasteiger partial charge in [0.15, 0.2) is 5.75 Å². The quantitative estimate of drug-likeness (QED) is 0.191. The fourth-order valence-corrected chi connectivity index (χ4v) is 8.67. The summed E-state index contributed by atoms with van der Waals surface area (Å²) in [4.78, 5) is 6.49. The number of hydrogen-bond acceptors (Lipinski definition) is 1.